The molecule has 1 saturated heterocycles. The molecule has 1 aliphatic heterocycles. The van der Waals surface area contributed by atoms with Crippen LogP contribution in [-0.4, -0.2) is 39.6 Å². The smallest absolute Gasteiger partial charge is 0.326 e. The minimum atomic E-state index is -0.948. The molecule has 0 spiro atoms. The number of likely N-dealkylation sites (tertiary alicyclic amines) is 1. The van der Waals surface area contributed by atoms with E-state index in [1.165, 1.54) is 16.2 Å². The van der Waals surface area contributed by atoms with E-state index >= 15 is 0 Å². The SMILES string of the molecule is CC1CCCN(C(=O)Nc2nccs2)C1C(=O)O. The van der Waals surface area contributed by atoms with Gasteiger partial charge in [-0.1, -0.05) is 6.92 Å². The summed E-state index contributed by atoms with van der Waals surface area (Å²) in [6.07, 6.45) is 3.25. The van der Waals surface area contributed by atoms with Crippen molar-refractivity contribution in [2.45, 2.75) is 25.8 Å². The number of hydrogen-bond acceptors (Lipinski definition) is 4. The summed E-state index contributed by atoms with van der Waals surface area (Å²) in [5.74, 6) is -0.977. The third-order valence-corrected chi connectivity index (χ3v) is 3.78. The minimum absolute atomic E-state index is 0.0294. The van der Waals surface area contributed by atoms with Crippen LogP contribution in [0.3, 0.4) is 0 Å². The van der Waals surface area contributed by atoms with E-state index in [9.17, 15) is 14.7 Å². The van der Waals surface area contributed by atoms with Crippen molar-refractivity contribution in [3.8, 4) is 0 Å². The number of nitrogens with one attached hydrogen (secondary N) is 1. The van der Waals surface area contributed by atoms with E-state index in [1.54, 1.807) is 11.6 Å². The van der Waals surface area contributed by atoms with E-state index in [0.717, 1.165) is 12.8 Å². The first-order valence-electron chi connectivity index (χ1n) is 5.79. The van der Waals surface area contributed by atoms with Crippen LogP contribution in [0.25, 0.3) is 0 Å². The number of carbonyl (C=O) groups is 2. The van der Waals surface area contributed by atoms with Crippen molar-refractivity contribution < 1.29 is 14.7 Å². The van der Waals surface area contributed by atoms with E-state index < -0.39 is 12.0 Å². The van der Waals surface area contributed by atoms with Gasteiger partial charge in [-0.25, -0.2) is 14.6 Å². The van der Waals surface area contributed by atoms with Crippen LogP contribution in [0.2, 0.25) is 0 Å². The highest BCUT2D eigenvalue weighted by Crippen LogP contribution is 2.24. The molecular formula is C11H15N3O3S. The number of rotatable bonds is 2. The van der Waals surface area contributed by atoms with Gasteiger partial charge < -0.3 is 10.0 Å². The predicted molar refractivity (Wildman–Crippen MR) is 67.7 cm³/mol. The Bertz CT molecular complexity index is 435. The zero-order chi connectivity index (χ0) is 13.1. The molecule has 2 heterocycles. The standard InChI is InChI=1S/C11H15N3O3S/c1-7-3-2-5-14(8(7)9(15)16)11(17)13-10-12-4-6-18-10/h4,6-8H,2-3,5H2,1H3,(H,15,16)(H,12,13,17). The van der Waals surface area contributed by atoms with Gasteiger partial charge in [0.2, 0.25) is 0 Å². The lowest BCUT2D eigenvalue weighted by atomic mass is 9.91. The molecule has 6 nitrogen and oxygen atoms in total. The summed E-state index contributed by atoms with van der Waals surface area (Å²) in [6.45, 7) is 2.33. The van der Waals surface area contributed by atoms with E-state index in [-0.39, 0.29) is 11.9 Å². The maximum atomic E-state index is 12.0. The van der Waals surface area contributed by atoms with Crippen molar-refractivity contribution in [2.75, 3.05) is 11.9 Å². The van der Waals surface area contributed by atoms with E-state index in [1.807, 2.05) is 6.92 Å². The molecular weight excluding hydrogens is 254 g/mol. The van der Waals surface area contributed by atoms with E-state index in [0.29, 0.717) is 11.7 Å². The predicted octanol–water partition coefficient (Wildman–Crippen LogP) is 1.86. The average molecular weight is 269 g/mol. The number of anilines is 1. The molecule has 2 rings (SSSR count). The van der Waals surface area contributed by atoms with Crippen LogP contribution >= 0.6 is 11.3 Å². The maximum absolute atomic E-state index is 12.0. The quantitative estimate of drug-likeness (QED) is 0.858. The Kier molecular flexibility index (Phi) is 3.81. The highest BCUT2D eigenvalue weighted by molar-refractivity contribution is 7.13. The zero-order valence-corrected chi connectivity index (χ0v) is 10.8. The van der Waals surface area contributed by atoms with Gasteiger partial charge in [0.15, 0.2) is 5.13 Å². The number of carbonyl (C=O) groups excluding carboxylic acids is 1. The van der Waals surface area contributed by atoms with Crippen molar-refractivity contribution in [1.82, 2.24) is 9.88 Å². The molecule has 0 radical (unpaired) electrons. The van der Waals surface area contributed by atoms with Gasteiger partial charge in [-0.2, -0.15) is 0 Å². The molecule has 7 heteroatoms. The molecule has 0 aliphatic carbocycles. The molecule has 2 atom stereocenters. The molecule has 0 aromatic carbocycles. The second kappa shape index (κ2) is 5.34. The Balaban J connectivity index is 2.09. The monoisotopic (exact) mass is 269 g/mol. The number of hydrogen-bond donors (Lipinski definition) is 2. The van der Waals surface area contributed by atoms with Crippen LogP contribution < -0.4 is 5.32 Å². The summed E-state index contributed by atoms with van der Waals surface area (Å²) in [4.78, 5) is 28.6. The lowest BCUT2D eigenvalue weighted by molar-refractivity contribution is -0.145. The fourth-order valence-corrected chi connectivity index (χ4v) is 2.76. The van der Waals surface area contributed by atoms with Crippen LogP contribution in [0.15, 0.2) is 11.6 Å². The van der Waals surface area contributed by atoms with E-state index in [4.69, 9.17) is 0 Å². The molecule has 1 fully saturated rings. The number of amides is 2. The number of carboxylic acid groups (broad SMARTS) is 1. The van der Waals surface area contributed by atoms with E-state index in [2.05, 4.69) is 10.3 Å². The summed E-state index contributed by atoms with van der Waals surface area (Å²) < 4.78 is 0. The second-order valence-electron chi connectivity index (χ2n) is 4.36. The number of aliphatic carboxylic acids is 1. The molecule has 1 aromatic rings. The Morgan fingerprint density at radius 2 is 2.39 bits per heavy atom. The molecule has 0 bridgehead atoms. The Labute approximate surface area is 109 Å². The maximum Gasteiger partial charge on any atom is 0.326 e. The molecule has 98 valence electrons. The van der Waals surface area contributed by atoms with Gasteiger partial charge >= 0.3 is 12.0 Å². The van der Waals surface area contributed by atoms with Gasteiger partial charge in [-0.15, -0.1) is 11.3 Å². The largest absolute Gasteiger partial charge is 0.480 e. The molecule has 2 amide bonds. The third-order valence-electron chi connectivity index (χ3n) is 3.09. The number of nitrogens with zero attached hydrogens (tertiary/aromatic N) is 2. The second-order valence-corrected chi connectivity index (χ2v) is 5.26. The van der Waals surface area contributed by atoms with Crippen LogP contribution in [0.1, 0.15) is 19.8 Å². The lowest BCUT2D eigenvalue weighted by Crippen LogP contribution is -2.53. The van der Waals surface area contributed by atoms with Crippen molar-refractivity contribution in [3.63, 3.8) is 0 Å². The number of carboxylic acids is 1. The fraction of sp³-hybridized carbons (Fsp3) is 0.545. The summed E-state index contributed by atoms with van der Waals surface area (Å²) in [7, 11) is 0. The van der Waals surface area contributed by atoms with Crippen molar-refractivity contribution in [3.05, 3.63) is 11.6 Å². The molecule has 18 heavy (non-hydrogen) atoms. The molecule has 0 saturated carbocycles. The van der Waals surface area contributed by atoms with Gasteiger partial charge in [0.05, 0.1) is 0 Å². The first kappa shape index (κ1) is 12.8. The highest BCUT2D eigenvalue weighted by Gasteiger charge is 2.37. The number of piperidine rings is 1. The first-order chi connectivity index (χ1) is 8.59. The lowest BCUT2D eigenvalue weighted by Gasteiger charge is -2.36. The van der Waals surface area contributed by atoms with Crippen molar-refractivity contribution in [1.29, 1.82) is 0 Å². The van der Waals surface area contributed by atoms with Crippen LogP contribution in [0, 0.1) is 5.92 Å². The van der Waals surface area contributed by atoms with Gasteiger partial charge in [0.1, 0.15) is 6.04 Å². The molecule has 1 aliphatic rings. The topological polar surface area (TPSA) is 82.5 Å². The molecule has 2 N–H and O–H groups in total. The van der Waals surface area contributed by atoms with Crippen molar-refractivity contribution >= 4 is 28.5 Å². The van der Waals surface area contributed by atoms with Gasteiger partial charge in [-0.3, -0.25) is 5.32 Å². The summed E-state index contributed by atoms with van der Waals surface area (Å²) in [6, 6.07) is -1.14. The van der Waals surface area contributed by atoms with Gasteiger partial charge in [0.25, 0.3) is 0 Å². The zero-order valence-electron chi connectivity index (χ0n) is 10.00. The first-order valence-corrected chi connectivity index (χ1v) is 6.67. The Hall–Kier alpha value is -1.63. The fourth-order valence-electron chi connectivity index (χ4n) is 2.24. The number of urea groups is 1. The van der Waals surface area contributed by atoms with Gasteiger partial charge in [-0.05, 0) is 18.8 Å². The Morgan fingerprint density at radius 1 is 1.61 bits per heavy atom. The normalized spacial score (nSPS) is 23.7. The highest BCUT2D eigenvalue weighted by atomic mass is 32.1. The molecule has 2 unspecified atom stereocenters. The third kappa shape index (κ3) is 2.61. The average Bonchev–Trinajstić information content (AvgIpc) is 2.80. The summed E-state index contributed by atoms with van der Waals surface area (Å²) in [5.41, 5.74) is 0. The summed E-state index contributed by atoms with van der Waals surface area (Å²) >= 11 is 1.31. The van der Waals surface area contributed by atoms with Crippen LogP contribution in [0.5, 0.6) is 0 Å². The summed E-state index contributed by atoms with van der Waals surface area (Å²) in [5, 5.41) is 14.1. The Morgan fingerprint density at radius 3 is 3.00 bits per heavy atom. The number of thiazole rings is 1. The van der Waals surface area contributed by atoms with Crippen LogP contribution in [0.4, 0.5) is 9.93 Å². The van der Waals surface area contributed by atoms with Crippen LogP contribution in [-0.2, 0) is 4.79 Å². The minimum Gasteiger partial charge on any atom is -0.480 e. The van der Waals surface area contributed by atoms with Crippen molar-refractivity contribution in [2.24, 2.45) is 5.92 Å². The van der Waals surface area contributed by atoms with Gasteiger partial charge in [0, 0.05) is 18.1 Å². The molecule has 1 aromatic heterocycles. The number of aromatic nitrogens is 1.